The number of hydrogen-bond donors (Lipinski definition) is 2. The molecule has 0 amide bonds. The van der Waals surface area contributed by atoms with Gasteiger partial charge in [0.25, 0.3) is 0 Å². The number of halogens is 1. The molecule has 3 aromatic rings. The van der Waals surface area contributed by atoms with Gasteiger partial charge in [0.05, 0.1) is 17.1 Å². The highest BCUT2D eigenvalue weighted by atomic mass is 35.5. The molecule has 1 aliphatic carbocycles. The molecule has 0 saturated heterocycles. The normalized spacial score (nSPS) is 17.0. The van der Waals surface area contributed by atoms with E-state index in [2.05, 4.69) is 45.6 Å². The van der Waals surface area contributed by atoms with Crippen LogP contribution in [0.2, 0.25) is 0 Å². The Bertz CT molecular complexity index is 717. The van der Waals surface area contributed by atoms with Crippen molar-refractivity contribution in [3.8, 4) is 0 Å². The Morgan fingerprint density at radius 1 is 1.05 bits per heavy atom. The highest BCUT2D eigenvalue weighted by Crippen LogP contribution is 2.32. The first kappa shape index (κ1) is 14.0. The van der Waals surface area contributed by atoms with Gasteiger partial charge in [-0.05, 0) is 42.5 Å². The number of para-hydroxylation sites is 2. The summed E-state index contributed by atoms with van der Waals surface area (Å²) in [6.07, 6.45) is 3.58. The monoisotopic (exact) mass is 299 g/mol. The number of H-pyrrole nitrogens is 1. The van der Waals surface area contributed by atoms with E-state index in [9.17, 15) is 0 Å². The summed E-state index contributed by atoms with van der Waals surface area (Å²) in [5.41, 5.74) is 4.98. The summed E-state index contributed by atoms with van der Waals surface area (Å²) < 4.78 is 0. The van der Waals surface area contributed by atoms with E-state index in [-0.39, 0.29) is 12.4 Å². The van der Waals surface area contributed by atoms with Gasteiger partial charge in [-0.2, -0.15) is 0 Å². The topological polar surface area (TPSA) is 40.7 Å². The van der Waals surface area contributed by atoms with Crippen molar-refractivity contribution in [3.05, 3.63) is 59.7 Å². The molecule has 2 aromatic carbocycles. The summed E-state index contributed by atoms with van der Waals surface area (Å²) in [6.45, 7) is 0. The summed E-state index contributed by atoms with van der Waals surface area (Å²) in [7, 11) is 0. The Morgan fingerprint density at radius 3 is 2.76 bits per heavy atom. The zero-order chi connectivity index (χ0) is 13.4. The van der Waals surface area contributed by atoms with Crippen molar-refractivity contribution in [1.82, 2.24) is 9.97 Å². The molecule has 0 fully saturated rings. The third-order valence-corrected chi connectivity index (χ3v) is 4.07. The molecule has 1 aromatic heterocycles. The lowest BCUT2D eigenvalue weighted by Gasteiger charge is -2.26. The van der Waals surface area contributed by atoms with Crippen molar-refractivity contribution in [2.45, 2.75) is 25.3 Å². The summed E-state index contributed by atoms with van der Waals surface area (Å²) in [5.74, 6) is 0.868. The largest absolute Gasteiger partial charge is 0.349 e. The molecule has 1 aliphatic rings. The highest BCUT2D eigenvalue weighted by Gasteiger charge is 2.20. The smallest absolute Gasteiger partial charge is 0.201 e. The molecule has 1 heterocycles. The van der Waals surface area contributed by atoms with E-state index in [1.54, 1.807) is 0 Å². The van der Waals surface area contributed by atoms with Gasteiger partial charge in [-0.3, -0.25) is 0 Å². The molecule has 1 unspecified atom stereocenters. The molecule has 0 bridgehead atoms. The van der Waals surface area contributed by atoms with E-state index in [0.29, 0.717) is 6.04 Å². The number of anilines is 1. The lowest BCUT2D eigenvalue weighted by atomic mass is 9.88. The van der Waals surface area contributed by atoms with Gasteiger partial charge in [0.15, 0.2) is 0 Å². The van der Waals surface area contributed by atoms with Crippen LogP contribution >= 0.6 is 12.4 Å². The number of hydrogen-bond acceptors (Lipinski definition) is 2. The fourth-order valence-corrected chi connectivity index (χ4v) is 3.09. The van der Waals surface area contributed by atoms with Crippen LogP contribution in [0.4, 0.5) is 5.95 Å². The number of aryl methyl sites for hydroxylation is 1. The molecule has 21 heavy (non-hydrogen) atoms. The van der Waals surface area contributed by atoms with Crippen LogP contribution in [0.25, 0.3) is 11.0 Å². The van der Waals surface area contributed by atoms with Crippen molar-refractivity contribution in [3.63, 3.8) is 0 Å². The molecule has 0 spiro atoms. The maximum Gasteiger partial charge on any atom is 0.201 e. The maximum absolute atomic E-state index is 4.61. The van der Waals surface area contributed by atoms with Crippen LogP contribution in [0.1, 0.15) is 30.0 Å². The molecule has 4 rings (SSSR count). The number of fused-ring (bicyclic) bond motifs is 2. The van der Waals surface area contributed by atoms with Crippen LogP contribution in [-0.2, 0) is 6.42 Å². The van der Waals surface area contributed by atoms with Gasteiger partial charge in [-0.15, -0.1) is 12.4 Å². The van der Waals surface area contributed by atoms with E-state index >= 15 is 0 Å². The minimum Gasteiger partial charge on any atom is -0.349 e. The van der Waals surface area contributed by atoms with Crippen LogP contribution in [-0.4, -0.2) is 9.97 Å². The minimum absolute atomic E-state index is 0. The van der Waals surface area contributed by atoms with Crippen molar-refractivity contribution in [2.24, 2.45) is 0 Å². The van der Waals surface area contributed by atoms with Crippen LogP contribution in [0, 0.1) is 0 Å². The molecular weight excluding hydrogens is 282 g/mol. The molecule has 108 valence electrons. The second kappa shape index (κ2) is 5.78. The SMILES string of the molecule is Cl.c1ccc2c(c1)CCCC2Nc1nc2ccccc2[nH]1. The van der Waals surface area contributed by atoms with Crippen molar-refractivity contribution in [2.75, 3.05) is 5.32 Å². The van der Waals surface area contributed by atoms with Crippen molar-refractivity contribution >= 4 is 29.4 Å². The maximum atomic E-state index is 4.61. The molecule has 4 heteroatoms. The predicted molar refractivity (Wildman–Crippen MR) is 89.1 cm³/mol. The summed E-state index contributed by atoms with van der Waals surface area (Å²) >= 11 is 0. The zero-order valence-corrected chi connectivity index (χ0v) is 12.5. The van der Waals surface area contributed by atoms with Crippen LogP contribution in [0.5, 0.6) is 0 Å². The quantitative estimate of drug-likeness (QED) is 0.733. The van der Waals surface area contributed by atoms with Crippen LogP contribution in [0.3, 0.4) is 0 Å². The van der Waals surface area contributed by atoms with Gasteiger partial charge in [-0.1, -0.05) is 36.4 Å². The Kier molecular flexibility index (Phi) is 3.84. The van der Waals surface area contributed by atoms with Gasteiger partial charge >= 0.3 is 0 Å². The summed E-state index contributed by atoms with van der Waals surface area (Å²) in [4.78, 5) is 7.96. The lowest BCUT2D eigenvalue weighted by Crippen LogP contribution is -2.17. The van der Waals surface area contributed by atoms with Gasteiger partial charge in [0, 0.05) is 0 Å². The minimum atomic E-state index is 0. The lowest BCUT2D eigenvalue weighted by molar-refractivity contribution is 0.597. The number of rotatable bonds is 2. The number of nitrogens with one attached hydrogen (secondary N) is 2. The number of benzene rings is 2. The summed E-state index contributed by atoms with van der Waals surface area (Å²) in [5, 5.41) is 3.56. The molecule has 0 radical (unpaired) electrons. The molecule has 0 saturated carbocycles. The molecule has 1 atom stereocenters. The molecular formula is C17H18ClN3. The van der Waals surface area contributed by atoms with E-state index in [1.807, 2.05) is 18.2 Å². The second-order valence-corrected chi connectivity index (χ2v) is 5.39. The van der Waals surface area contributed by atoms with Crippen molar-refractivity contribution in [1.29, 1.82) is 0 Å². The first-order valence-corrected chi connectivity index (χ1v) is 7.19. The highest BCUT2D eigenvalue weighted by molar-refractivity contribution is 5.85. The Hall–Kier alpha value is -2.00. The van der Waals surface area contributed by atoms with E-state index in [1.165, 1.54) is 24.0 Å². The Labute approximate surface area is 130 Å². The van der Waals surface area contributed by atoms with E-state index in [0.717, 1.165) is 23.4 Å². The van der Waals surface area contributed by atoms with Gasteiger partial charge in [0.2, 0.25) is 5.95 Å². The molecule has 0 aliphatic heterocycles. The van der Waals surface area contributed by atoms with E-state index < -0.39 is 0 Å². The zero-order valence-electron chi connectivity index (χ0n) is 11.7. The van der Waals surface area contributed by atoms with Crippen LogP contribution in [0.15, 0.2) is 48.5 Å². The number of nitrogens with zero attached hydrogens (tertiary/aromatic N) is 1. The number of aromatic nitrogens is 2. The first-order valence-electron chi connectivity index (χ1n) is 7.19. The average Bonchev–Trinajstić information content (AvgIpc) is 2.90. The second-order valence-electron chi connectivity index (χ2n) is 5.39. The molecule has 2 N–H and O–H groups in total. The molecule has 3 nitrogen and oxygen atoms in total. The Balaban J connectivity index is 0.00000132. The number of aromatic amines is 1. The average molecular weight is 300 g/mol. The third kappa shape index (κ3) is 2.61. The van der Waals surface area contributed by atoms with Gasteiger partial charge in [0.1, 0.15) is 0 Å². The fourth-order valence-electron chi connectivity index (χ4n) is 3.09. The first-order chi connectivity index (χ1) is 9.90. The standard InChI is InChI=1S/C17H17N3.ClH/c1-2-8-13-12(6-1)7-5-11-14(13)18-17-19-15-9-3-4-10-16(15)20-17;/h1-4,6,8-10,14H,5,7,11H2,(H2,18,19,20);1H. The van der Waals surface area contributed by atoms with Gasteiger partial charge in [-0.25, -0.2) is 4.98 Å². The van der Waals surface area contributed by atoms with Crippen LogP contribution < -0.4 is 5.32 Å². The summed E-state index contributed by atoms with van der Waals surface area (Å²) in [6, 6.07) is 17.2. The fraction of sp³-hybridized carbons (Fsp3) is 0.235. The number of imidazole rings is 1. The van der Waals surface area contributed by atoms with Crippen molar-refractivity contribution < 1.29 is 0 Å². The van der Waals surface area contributed by atoms with E-state index in [4.69, 9.17) is 0 Å². The third-order valence-electron chi connectivity index (χ3n) is 4.07. The predicted octanol–water partition coefficient (Wildman–Crippen LogP) is 4.47. The van der Waals surface area contributed by atoms with Gasteiger partial charge < -0.3 is 10.3 Å². The Morgan fingerprint density at radius 2 is 1.86 bits per heavy atom.